The highest BCUT2D eigenvalue weighted by atomic mass is 35.5. The first-order valence-electron chi connectivity index (χ1n) is 7.17. The van der Waals surface area contributed by atoms with Crippen LogP contribution in [0.3, 0.4) is 0 Å². The number of thiazole rings is 1. The van der Waals surface area contributed by atoms with Crippen LogP contribution in [-0.2, 0) is 0 Å². The fraction of sp³-hybridized carbons (Fsp3) is 0. The van der Waals surface area contributed by atoms with Crippen molar-refractivity contribution >= 4 is 74.7 Å². The topological polar surface area (TPSA) is 50.3 Å². The molecule has 1 aliphatic rings. The molecule has 0 radical (unpaired) electrons. The zero-order valence-corrected chi connectivity index (χ0v) is 16.4. The number of amides is 2. The SMILES string of the molecule is O=C1c2c(Cl)c(Cl)c(Cl)c(Cl)c2C(=O)N1c1nc(-c2ccccc2)cs1. The summed E-state index contributed by atoms with van der Waals surface area (Å²) < 4.78 is 0. The molecule has 0 saturated carbocycles. The van der Waals surface area contributed by atoms with Gasteiger partial charge in [0.2, 0.25) is 0 Å². The number of aromatic nitrogens is 1. The Labute approximate surface area is 171 Å². The first kappa shape index (κ1) is 17.8. The summed E-state index contributed by atoms with van der Waals surface area (Å²) in [4.78, 5) is 31.0. The van der Waals surface area contributed by atoms with Gasteiger partial charge in [0, 0.05) is 10.9 Å². The summed E-state index contributed by atoms with van der Waals surface area (Å²) in [6.45, 7) is 0. The van der Waals surface area contributed by atoms with Crippen molar-refractivity contribution < 1.29 is 9.59 Å². The maximum atomic E-state index is 12.8. The van der Waals surface area contributed by atoms with Crippen molar-refractivity contribution in [2.45, 2.75) is 0 Å². The Bertz CT molecular complexity index is 1040. The predicted octanol–water partition coefficient (Wildman–Crippen LogP) is 6.22. The molecule has 4 rings (SSSR count). The minimum absolute atomic E-state index is 0.0625. The van der Waals surface area contributed by atoms with Crippen LogP contribution in [-0.4, -0.2) is 16.8 Å². The first-order valence-corrected chi connectivity index (χ1v) is 9.56. The summed E-state index contributed by atoms with van der Waals surface area (Å²) in [6, 6.07) is 9.40. The average Bonchev–Trinajstić information content (AvgIpc) is 3.21. The maximum absolute atomic E-state index is 12.8. The zero-order chi connectivity index (χ0) is 18.6. The summed E-state index contributed by atoms with van der Waals surface area (Å²) in [5.74, 6) is -1.27. The highest BCUT2D eigenvalue weighted by Gasteiger charge is 2.43. The molecule has 0 aliphatic carbocycles. The molecule has 4 nitrogen and oxygen atoms in total. The number of benzene rings is 2. The third-order valence-corrected chi connectivity index (χ3v) is 6.48. The van der Waals surface area contributed by atoms with Crippen LogP contribution in [0.4, 0.5) is 5.13 Å². The van der Waals surface area contributed by atoms with Crippen molar-refractivity contribution in [1.29, 1.82) is 0 Å². The molecule has 130 valence electrons. The van der Waals surface area contributed by atoms with Gasteiger partial charge in [-0.3, -0.25) is 9.59 Å². The van der Waals surface area contributed by atoms with Gasteiger partial charge >= 0.3 is 0 Å². The van der Waals surface area contributed by atoms with Gasteiger partial charge in [0.15, 0.2) is 5.13 Å². The van der Waals surface area contributed by atoms with E-state index in [1.165, 1.54) is 0 Å². The second-order valence-corrected chi connectivity index (χ2v) is 7.68. The van der Waals surface area contributed by atoms with Gasteiger partial charge in [-0.05, 0) is 0 Å². The van der Waals surface area contributed by atoms with Crippen LogP contribution in [0.1, 0.15) is 20.7 Å². The molecule has 0 unspecified atom stereocenters. The molecule has 26 heavy (non-hydrogen) atoms. The van der Waals surface area contributed by atoms with Crippen molar-refractivity contribution in [3.8, 4) is 11.3 Å². The second kappa shape index (κ2) is 6.51. The van der Waals surface area contributed by atoms with E-state index in [1.807, 2.05) is 30.3 Å². The molecule has 2 amide bonds. The van der Waals surface area contributed by atoms with E-state index in [0.717, 1.165) is 21.8 Å². The van der Waals surface area contributed by atoms with E-state index in [4.69, 9.17) is 46.4 Å². The number of nitrogens with zero attached hydrogens (tertiary/aromatic N) is 2. The molecule has 1 aromatic heterocycles. The van der Waals surface area contributed by atoms with Gasteiger partial charge in [0.05, 0.1) is 36.9 Å². The van der Waals surface area contributed by atoms with Crippen LogP contribution in [0.2, 0.25) is 20.1 Å². The molecule has 9 heteroatoms. The Balaban J connectivity index is 1.82. The Hall–Kier alpha value is -1.63. The lowest BCUT2D eigenvalue weighted by Crippen LogP contribution is -2.29. The van der Waals surface area contributed by atoms with Gasteiger partial charge in [-0.1, -0.05) is 76.7 Å². The van der Waals surface area contributed by atoms with Crippen LogP contribution in [0.15, 0.2) is 35.7 Å². The highest BCUT2D eigenvalue weighted by molar-refractivity contribution is 7.14. The fourth-order valence-corrected chi connectivity index (χ4v) is 4.47. The number of carbonyl (C=O) groups excluding carboxylic acids is 2. The van der Waals surface area contributed by atoms with Gasteiger partial charge < -0.3 is 0 Å². The monoisotopic (exact) mass is 442 g/mol. The smallest absolute Gasteiger partial charge is 0.268 e. The maximum Gasteiger partial charge on any atom is 0.269 e. The second-order valence-electron chi connectivity index (χ2n) is 5.33. The summed E-state index contributed by atoms with van der Waals surface area (Å²) in [7, 11) is 0. The van der Waals surface area contributed by atoms with Crippen molar-refractivity contribution in [2.75, 3.05) is 4.90 Å². The average molecular weight is 444 g/mol. The number of halogens is 4. The lowest BCUT2D eigenvalue weighted by Gasteiger charge is -2.09. The molecule has 2 heterocycles. The number of carbonyl (C=O) groups is 2. The molecular weight excluding hydrogens is 438 g/mol. The van der Waals surface area contributed by atoms with Crippen LogP contribution < -0.4 is 4.90 Å². The molecule has 0 saturated heterocycles. The third kappa shape index (κ3) is 2.54. The summed E-state index contributed by atoms with van der Waals surface area (Å²) in [5.41, 5.74) is 1.39. The molecule has 0 N–H and O–H groups in total. The molecule has 1 aliphatic heterocycles. The molecule has 0 spiro atoms. The van der Waals surface area contributed by atoms with Crippen LogP contribution in [0.5, 0.6) is 0 Å². The van der Waals surface area contributed by atoms with Gasteiger partial charge in [0.1, 0.15) is 0 Å². The quantitative estimate of drug-likeness (QED) is 0.268. The van der Waals surface area contributed by atoms with E-state index in [2.05, 4.69) is 4.98 Å². The Kier molecular flexibility index (Phi) is 4.45. The largest absolute Gasteiger partial charge is 0.269 e. The fourth-order valence-electron chi connectivity index (χ4n) is 2.63. The lowest BCUT2D eigenvalue weighted by atomic mass is 10.1. The standard InChI is InChI=1S/C17H6Cl4N2O2S/c18-11-9-10(12(19)14(21)13(11)20)16(25)23(15(9)24)17-22-8(6-26-17)7-4-2-1-3-5-7/h1-6H. The van der Waals surface area contributed by atoms with Crippen LogP contribution >= 0.6 is 57.7 Å². The van der Waals surface area contributed by atoms with Crippen molar-refractivity contribution in [1.82, 2.24) is 4.98 Å². The van der Waals surface area contributed by atoms with E-state index < -0.39 is 11.8 Å². The minimum Gasteiger partial charge on any atom is -0.268 e. The van der Waals surface area contributed by atoms with E-state index in [0.29, 0.717) is 5.69 Å². The van der Waals surface area contributed by atoms with Crippen LogP contribution in [0, 0.1) is 0 Å². The number of fused-ring (bicyclic) bond motifs is 1. The Morgan fingerprint density at radius 1 is 0.808 bits per heavy atom. The number of anilines is 1. The van der Waals surface area contributed by atoms with Crippen molar-refractivity contribution in [3.05, 3.63) is 66.9 Å². The van der Waals surface area contributed by atoms with Gasteiger partial charge in [0.25, 0.3) is 11.8 Å². The number of hydrogen-bond donors (Lipinski definition) is 0. The molecule has 0 bridgehead atoms. The first-order chi connectivity index (χ1) is 12.4. The summed E-state index contributed by atoms with van der Waals surface area (Å²) in [5, 5.41) is 1.65. The molecule has 0 fully saturated rings. The summed E-state index contributed by atoms with van der Waals surface area (Å²) in [6.07, 6.45) is 0. The molecular formula is C17H6Cl4N2O2S. The van der Waals surface area contributed by atoms with Gasteiger partial charge in [-0.2, -0.15) is 0 Å². The van der Waals surface area contributed by atoms with E-state index in [9.17, 15) is 9.59 Å². The normalized spacial score (nSPS) is 13.5. The third-order valence-electron chi connectivity index (χ3n) is 3.85. The van der Waals surface area contributed by atoms with Crippen molar-refractivity contribution in [3.63, 3.8) is 0 Å². The zero-order valence-electron chi connectivity index (χ0n) is 12.6. The van der Waals surface area contributed by atoms with E-state index in [-0.39, 0.29) is 36.3 Å². The van der Waals surface area contributed by atoms with E-state index in [1.54, 1.807) is 5.38 Å². The van der Waals surface area contributed by atoms with E-state index >= 15 is 0 Å². The number of hydrogen-bond acceptors (Lipinski definition) is 4. The minimum atomic E-state index is -0.635. The number of rotatable bonds is 2. The molecule has 3 aromatic rings. The summed E-state index contributed by atoms with van der Waals surface area (Å²) >= 11 is 25.5. The molecule has 0 atom stereocenters. The Morgan fingerprint density at radius 2 is 1.35 bits per heavy atom. The Morgan fingerprint density at radius 3 is 1.88 bits per heavy atom. The van der Waals surface area contributed by atoms with Crippen LogP contribution in [0.25, 0.3) is 11.3 Å². The van der Waals surface area contributed by atoms with Gasteiger partial charge in [-0.15, -0.1) is 11.3 Å². The van der Waals surface area contributed by atoms with Crippen molar-refractivity contribution in [2.24, 2.45) is 0 Å². The lowest BCUT2D eigenvalue weighted by molar-refractivity contribution is 0.0926. The highest BCUT2D eigenvalue weighted by Crippen LogP contribution is 2.46. The number of imide groups is 1. The van der Waals surface area contributed by atoms with Gasteiger partial charge in [-0.25, -0.2) is 9.88 Å². The predicted molar refractivity (Wildman–Crippen MR) is 105 cm³/mol. The molecule has 2 aromatic carbocycles.